The fourth-order valence-electron chi connectivity index (χ4n) is 4.18. The molecule has 2 aromatic carbocycles. The molecule has 2 atom stereocenters. The number of rotatable bonds is 6. The number of halogens is 6. The second-order valence-electron chi connectivity index (χ2n) is 7.85. The van der Waals surface area contributed by atoms with Crippen molar-refractivity contribution in [3.05, 3.63) is 76.8 Å². The SMILES string of the molecule is CCOC1=CC=C2c3ccc(OC(=O)c4ccc(OCC)cc4)c(F)c3C(F)(F)C(F)(F)C2C1F. The van der Waals surface area contributed by atoms with Crippen LogP contribution >= 0.6 is 0 Å². The molecule has 0 fully saturated rings. The van der Waals surface area contributed by atoms with Crippen LogP contribution in [0.25, 0.3) is 5.57 Å². The largest absolute Gasteiger partial charge is 0.495 e. The number of esters is 1. The zero-order chi connectivity index (χ0) is 25.5. The van der Waals surface area contributed by atoms with Crippen LogP contribution in [0.15, 0.2) is 54.3 Å². The average Bonchev–Trinajstić information content (AvgIpc) is 2.81. The molecular formula is C25H20F6O4. The molecule has 0 amide bonds. The van der Waals surface area contributed by atoms with Crippen LogP contribution in [0.4, 0.5) is 26.3 Å². The highest BCUT2D eigenvalue weighted by molar-refractivity contribution is 5.91. The van der Waals surface area contributed by atoms with Gasteiger partial charge in [0.25, 0.3) is 0 Å². The third-order valence-corrected chi connectivity index (χ3v) is 5.78. The Kier molecular flexibility index (Phi) is 6.33. The van der Waals surface area contributed by atoms with Gasteiger partial charge in [-0.2, -0.15) is 17.6 Å². The number of ether oxygens (including phenoxy) is 3. The molecule has 35 heavy (non-hydrogen) atoms. The van der Waals surface area contributed by atoms with Gasteiger partial charge in [0.05, 0.1) is 30.3 Å². The second kappa shape index (κ2) is 8.98. The predicted octanol–water partition coefficient (Wildman–Crippen LogP) is 6.46. The minimum absolute atomic E-state index is 0.0495. The van der Waals surface area contributed by atoms with Gasteiger partial charge in [-0.1, -0.05) is 12.1 Å². The van der Waals surface area contributed by atoms with Crippen LogP contribution in [0.5, 0.6) is 11.5 Å². The first kappa shape index (κ1) is 24.7. The summed E-state index contributed by atoms with van der Waals surface area (Å²) < 4.78 is 105. The number of carbonyl (C=O) groups excluding carboxylic acids is 1. The minimum Gasteiger partial charge on any atom is -0.495 e. The van der Waals surface area contributed by atoms with Crippen LogP contribution in [0.3, 0.4) is 0 Å². The third-order valence-electron chi connectivity index (χ3n) is 5.78. The van der Waals surface area contributed by atoms with Gasteiger partial charge in [0.15, 0.2) is 17.7 Å². The lowest BCUT2D eigenvalue weighted by Gasteiger charge is -2.43. The maximum atomic E-state index is 15.2. The highest BCUT2D eigenvalue weighted by atomic mass is 19.3. The predicted molar refractivity (Wildman–Crippen MR) is 114 cm³/mol. The fraction of sp³-hybridized carbons (Fsp3) is 0.320. The summed E-state index contributed by atoms with van der Waals surface area (Å²) in [4.78, 5) is 12.4. The molecular weight excluding hydrogens is 478 g/mol. The topological polar surface area (TPSA) is 44.8 Å². The summed E-state index contributed by atoms with van der Waals surface area (Å²) in [6.45, 7) is 3.57. The number of alkyl halides is 5. The van der Waals surface area contributed by atoms with E-state index in [1.165, 1.54) is 31.2 Å². The number of hydrogen-bond acceptors (Lipinski definition) is 4. The molecule has 0 saturated heterocycles. The summed E-state index contributed by atoms with van der Waals surface area (Å²) in [5.74, 6) is -16.6. The molecule has 2 aliphatic carbocycles. The van der Waals surface area contributed by atoms with Gasteiger partial charge in [0, 0.05) is 0 Å². The second-order valence-corrected chi connectivity index (χ2v) is 7.85. The Bertz CT molecular complexity index is 1200. The molecule has 0 spiro atoms. The molecule has 0 heterocycles. The number of carbonyl (C=O) groups is 1. The Morgan fingerprint density at radius 2 is 1.60 bits per heavy atom. The molecule has 2 aromatic rings. The van der Waals surface area contributed by atoms with Crippen molar-refractivity contribution in [3.8, 4) is 11.5 Å². The molecule has 0 radical (unpaired) electrons. The first-order valence-electron chi connectivity index (χ1n) is 10.8. The average molecular weight is 498 g/mol. The number of hydrogen-bond donors (Lipinski definition) is 0. The first-order valence-corrected chi connectivity index (χ1v) is 10.8. The zero-order valence-electron chi connectivity index (χ0n) is 18.6. The normalized spacial score (nSPS) is 21.7. The van der Waals surface area contributed by atoms with Crippen LogP contribution in [0, 0.1) is 11.7 Å². The quantitative estimate of drug-likeness (QED) is 0.261. The van der Waals surface area contributed by atoms with Crippen molar-refractivity contribution in [2.24, 2.45) is 5.92 Å². The van der Waals surface area contributed by atoms with Crippen molar-refractivity contribution in [2.75, 3.05) is 13.2 Å². The van der Waals surface area contributed by atoms with Crippen molar-refractivity contribution in [3.63, 3.8) is 0 Å². The lowest BCUT2D eigenvalue weighted by atomic mass is 9.70. The molecule has 0 saturated carbocycles. The van der Waals surface area contributed by atoms with Crippen molar-refractivity contribution in [1.82, 2.24) is 0 Å². The van der Waals surface area contributed by atoms with E-state index >= 15 is 22.0 Å². The van der Waals surface area contributed by atoms with Crippen molar-refractivity contribution in [1.29, 1.82) is 0 Å². The van der Waals surface area contributed by atoms with E-state index in [0.717, 1.165) is 24.3 Å². The molecule has 0 aromatic heterocycles. The maximum absolute atomic E-state index is 15.2. The first-order chi connectivity index (χ1) is 16.5. The number of fused-ring (bicyclic) bond motifs is 3. The highest BCUT2D eigenvalue weighted by Crippen LogP contribution is 2.60. The Labute approximate surface area is 196 Å². The maximum Gasteiger partial charge on any atom is 0.343 e. The van der Waals surface area contributed by atoms with E-state index in [-0.39, 0.29) is 12.2 Å². The summed E-state index contributed by atoms with van der Waals surface area (Å²) in [5.41, 5.74) is -2.82. The van der Waals surface area contributed by atoms with Gasteiger partial charge in [-0.05, 0) is 61.4 Å². The van der Waals surface area contributed by atoms with Gasteiger partial charge in [-0.25, -0.2) is 13.6 Å². The van der Waals surface area contributed by atoms with Crippen LogP contribution in [0.1, 0.15) is 35.3 Å². The summed E-state index contributed by atoms with van der Waals surface area (Å²) in [7, 11) is 0. The molecule has 4 nitrogen and oxygen atoms in total. The molecule has 10 heteroatoms. The molecule has 2 aliphatic rings. The van der Waals surface area contributed by atoms with Gasteiger partial charge in [-0.3, -0.25) is 0 Å². The number of allylic oxidation sites excluding steroid dienone is 4. The van der Waals surface area contributed by atoms with E-state index in [4.69, 9.17) is 14.2 Å². The molecule has 0 aliphatic heterocycles. The van der Waals surface area contributed by atoms with Crippen LogP contribution in [-0.4, -0.2) is 31.3 Å². The number of benzene rings is 2. The third kappa shape index (κ3) is 3.94. The van der Waals surface area contributed by atoms with Gasteiger partial charge in [0.2, 0.25) is 0 Å². The Morgan fingerprint density at radius 3 is 2.23 bits per heavy atom. The standard InChI is InChI=1S/C25H20F6O4/c1-3-33-14-7-5-13(6-8-14)23(32)35-18-12-10-16-15-9-11-17(34-4-2)21(26)19(15)24(28,29)25(30,31)20(16)22(18)27/h5-12,19,21H,3-4H2,1-2H3. The van der Waals surface area contributed by atoms with Gasteiger partial charge in [-0.15, -0.1) is 0 Å². The zero-order valence-corrected chi connectivity index (χ0v) is 18.6. The van der Waals surface area contributed by atoms with E-state index in [0.29, 0.717) is 12.4 Å². The molecule has 4 rings (SSSR count). The van der Waals surface area contributed by atoms with Gasteiger partial charge < -0.3 is 14.2 Å². The lowest BCUT2D eigenvalue weighted by Crippen LogP contribution is -2.53. The summed E-state index contributed by atoms with van der Waals surface area (Å²) in [5, 5.41) is 0. The minimum atomic E-state index is -5.10. The molecule has 0 bridgehead atoms. The Hall–Kier alpha value is -3.43. The van der Waals surface area contributed by atoms with E-state index in [2.05, 4.69) is 0 Å². The van der Waals surface area contributed by atoms with Crippen LogP contribution in [0.2, 0.25) is 0 Å². The van der Waals surface area contributed by atoms with E-state index in [1.807, 2.05) is 0 Å². The van der Waals surface area contributed by atoms with Crippen molar-refractivity contribution >= 4 is 11.5 Å². The summed E-state index contributed by atoms with van der Waals surface area (Å²) >= 11 is 0. The van der Waals surface area contributed by atoms with Gasteiger partial charge in [0.1, 0.15) is 11.5 Å². The molecule has 186 valence electrons. The lowest BCUT2D eigenvalue weighted by molar-refractivity contribution is -0.246. The summed E-state index contributed by atoms with van der Waals surface area (Å²) in [6.07, 6.45) is -0.496. The van der Waals surface area contributed by atoms with E-state index in [9.17, 15) is 9.18 Å². The summed E-state index contributed by atoms with van der Waals surface area (Å²) in [6, 6.07) is 7.30. The molecule has 2 unspecified atom stereocenters. The highest BCUT2D eigenvalue weighted by Gasteiger charge is 2.70. The monoisotopic (exact) mass is 498 g/mol. The fourth-order valence-corrected chi connectivity index (χ4v) is 4.18. The van der Waals surface area contributed by atoms with Crippen LogP contribution in [-0.2, 0) is 10.7 Å². The Morgan fingerprint density at radius 1 is 0.943 bits per heavy atom. The van der Waals surface area contributed by atoms with Crippen molar-refractivity contribution < 1.29 is 45.3 Å². The van der Waals surface area contributed by atoms with Crippen molar-refractivity contribution in [2.45, 2.75) is 31.9 Å². The van der Waals surface area contributed by atoms with Gasteiger partial charge >= 0.3 is 17.8 Å². The molecule has 0 N–H and O–H groups in total. The van der Waals surface area contributed by atoms with E-state index < -0.39 is 63.9 Å². The van der Waals surface area contributed by atoms with Crippen LogP contribution < -0.4 is 9.47 Å². The smallest absolute Gasteiger partial charge is 0.343 e. The Balaban J connectivity index is 1.75. The van der Waals surface area contributed by atoms with E-state index in [1.54, 1.807) is 6.92 Å².